The molecular formula is C51H46N2O6. The Morgan fingerprint density at radius 2 is 0.932 bits per heavy atom. The third-order valence-electron chi connectivity index (χ3n) is 11.8. The van der Waals surface area contributed by atoms with Crippen molar-refractivity contribution in [2.45, 2.75) is 82.8 Å². The van der Waals surface area contributed by atoms with Gasteiger partial charge in [-0.3, -0.25) is 0 Å². The van der Waals surface area contributed by atoms with Gasteiger partial charge >= 0.3 is 0 Å². The van der Waals surface area contributed by atoms with Crippen molar-refractivity contribution in [3.8, 4) is 52.1 Å². The highest BCUT2D eigenvalue weighted by atomic mass is 16.5. The zero-order valence-electron chi connectivity index (χ0n) is 34.0. The maximum absolute atomic E-state index is 10.3. The van der Waals surface area contributed by atoms with E-state index in [2.05, 4.69) is 62.9 Å². The minimum absolute atomic E-state index is 0.145. The highest BCUT2D eigenvalue weighted by Gasteiger charge is 2.56. The average Bonchev–Trinajstić information content (AvgIpc) is 3.57. The maximum Gasteiger partial charge on any atom is 0.270 e. The van der Waals surface area contributed by atoms with E-state index >= 15 is 0 Å². The first-order valence-electron chi connectivity index (χ1n) is 19.8. The third-order valence-corrected chi connectivity index (χ3v) is 11.8. The molecule has 2 aliphatic carbocycles. The number of aliphatic hydroxyl groups excluding tert-OH is 2. The molecule has 0 aliphatic heterocycles. The van der Waals surface area contributed by atoms with E-state index in [1.807, 2.05) is 24.3 Å². The van der Waals surface area contributed by atoms with Crippen LogP contribution in [0.15, 0.2) is 121 Å². The number of benzene rings is 6. The average molecular weight is 783 g/mol. The van der Waals surface area contributed by atoms with E-state index in [-0.39, 0.29) is 27.5 Å². The van der Waals surface area contributed by atoms with Gasteiger partial charge < -0.3 is 29.2 Å². The monoisotopic (exact) mass is 782 g/mol. The lowest BCUT2D eigenvalue weighted by Gasteiger charge is -2.30. The third kappa shape index (κ3) is 7.27. The van der Waals surface area contributed by atoms with Crippen molar-refractivity contribution in [2.75, 3.05) is 0 Å². The lowest BCUT2D eigenvalue weighted by atomic mass is 9.72. The number of para-hydroxylation sites is 1. The molecule has 0 radical (unpaired) electrons. The van der Waals surface area contributed by atoms with Crippen LogP contribution in [0.4, 0.5) is 5.69 Å². The summed E-state index contributed by atoms with van der Waals surface area (Å²) in [6, 6.07) is 39.8. The number of nitrogens with zero attached hydrogens (tertiary/aromatic N) is 2. The van der Waals surface area contributed by atoms with E-state index in [9.17, 15) is 15.5 Å². The molecule has 59 heavy (non-hydrogen) atoms. The van der Waals surface area contributed by atoms with Crippen molar-refractivity contribution in [3.63, 3.8) is 0 Å². The quantitative estimate of drug-likeness (QED) is 0.133. The van der Waals surface area contributed by atoms with Gasteiger partial charge in [0.05, 0.1) is 18.8 Å². The number of nitriles is 1. The van der Waals surface area contributed by atoms with Gasteiger partial charge in [0.15, 0.2) is 0 Å². The summed E-state index contributed by atoms with van der Waals surface area (Å²) in [4.78, 5) is 3.83. The second-order valence-electron chi connectivity index (χ2n) is 17.0. The van der Waals surface area contributed by atoms with Crippen molar-refractivity contribution in [1.82, 2.24) is 0 Å². The molecule has 8 rings (SSSR count). The molecule has 1 spiro atoms. The maximum atomic E-state index is 10.3. The molecule has 6 aromatic carbocycles. The van der Waals surface area contributed by atoms with E-state index in [1.54, 1.807) is 86.6 Å². The Balaban J connectivity index is 1.12. The van der Waals surface area contributed by atoms with Crippen LogP contribution < -0.4 is 18.9 Å². The molecule has 2 N–H and O–H groups in total. The van der Waals surface area contributed by atoms with E-state index < -0.39 is 12.2 Å². The molecule has 3 atom stereocenters. The van der Waals surface area contributed by atoms with Crippen molar-refractivity contribution in [1.29, 1.82) is 5.26 Å². The van der Waals surface area contributed by atoms with Gasteiger partial charge in [-0.1, -0.05) is 76.2 Å². The van der Waals surface area contributed by atoms with Crippen molar-refractivity contribution in [2.24, 2.45) is 0 Å². The van der Waals surface area contributed by atoms with Crippen LogP contribution in [0, 0.1) is 17.9 Å². The standard InChI is InChI=1S/C51H46N2O6/c1-31(54)33-14-18-35(19-15-33)56-44-10-8-11-45(39(44)28-52)58-37-22-24-40-42(26-37)51(29-49(40,3)4)30-50(5,6)41-25-23-38(27-43(41)51)59-47-13-9-12-46(48(47)53-7)57-36-20-16-34(17-21-36)32(2)55/h8-27,31-32,54-55H,29-30H2,1-6H3. The molecule has 0 bridgehead atoms. The normalized spacial score (nSPS) is 17.9. The van der Waals surface area contributed by atoms with Crippen LogP contribution in [-0.2, 0) is 16.2 Å². The number of hydrogen-bond donors (Lipinski definition) is 2. The first kappa shape index (κ1) is 39.3. The number of rotatable bonds is 10. The van der Waals surface area contributed by atoms with Gasteiger partial charge in [-0.2, -0.15) is 5.26 Å². The fraction of sp³-hybridized carbons (Fsp3) is 0.255. The summed E-state index contributed by atoms with van der Waals surface area (Å²) in [5.41, 5.74) is 6.31. The minimum atomic E-state index is -0.595. The van der Waals surface area contributed by atoms with E-state index in [1.165, 1.54) is 22.3 Å². The molecule has 0 saturated heterocycles. The van der Waals surface area contributed by atoms with E-state index in [4.69, 9.17) is 25.5 Å². The predicted molar refractivity (Wildman–Crippen MR) is 227 cm³/mol. The summed E-state index contributed by atoms with van der Waals surface area (Å²) < 4.78 is 25.4. The molecule has 8 heteroatoms. The Bertz CT molecular complexity index is 2460. The predicted octanol–water partition coefficient (Wildman–Crippen LogP) is 13.0. The first-order chi connectivity index (χ1) is 28.2. The van der Waals surface area contributed by atoms with Crippen LogP contribution in [0.2, 0.25) is 0 Å². The molecule has 296 valence electrons. The molecule has 3 unspecified atom stereocenters. The van der Waals surface area contributed by atoms with Crippen molar-refractivity contribution < 1.29 is 29.2 Å². The second kappa shape index (κ2) is 15.0. The zero-order chi connectivity index (χ0) is 41.7. The molecule has 0 aromatic heterocycles. The van der Waals surface area contributed by atoms with Crippen LogP contribution in [0.1, 0.15) is 106 Å². The van der Waals surface area contributed by atoms with Gasteiger partial charge in [0.1, 0.15) is 57.6 Å². The molecule has 6 aromatic rings. The second-order valence-corrected chi connectivity index (χ2v) is 17.0. The minimum Gasteiger partial charge on any atom is -0.468 e. The fourth-order valence-corrected chi connectivity index (χ4v) is 9.14. The topological polar surface area (TPSA) is 106 Å². The van der Waals surface area contributed by atoms with Gasteiger partial charge in [-0.05, 0) is 144 Å². The van der Waals surface area contributed by atoms with Gasteiger partial charge in [-0.15, -0.1) is 0 Å². The van der Waals surface area contributed by atoms with Crippen LogP contribution in [-0.4, -0.2) is 10.2 Å². The largest absolute Gasteiger partial charge is 0.468 e. The summed E-state index contributed by atoms with van der Waals surface area (Å²) in [5, 5.41) is 30.1. The van der Waals surface area contributed by atoms with E-state index in [0.29, 0.717) is 46.0 Å². The van der Waals surface area contributed by atoms with Gasteiger partial charge in [0, 0.05) is 5.41 Å². The molecule has 8 nitrogen and oxygen atoms in total. The van der Waals surface area contributed by atoms with Crippen LogP contribution in [0.25, 0.3) is 4.85 Å². The SMILES string of the molecule is [C-]#[N+]c1c(Oc2ccc(C(C)O)cc2)cccc1Oc1ccc2c(c1)C1(CC(C)(C)c3ccc(Oc4cccc(Oc5ccc(C(C)O)cc5)c4C#N)cc31)CC2(C)C. The summed E-state index contributed by atoms with van der Waals surface area (Å²) >= 11 is 0. The summed E-state index contributed by atoms with van der Waals surface area (Å²) in [5.74, 6) is 3.87. The molecule has 0 saturated carbocycles. The lowest BCUT2D eigenvalue weighted by molar-refractivity contribution is 0.199. The number of hydrogen-bond acceptors (Lipinski definition) is 7. The van der Waals surface area contributed by atoms with Crippen LogP contribution >= 0.6 is 0 Å². The fourth-order valence-electron chi connectivity index (χ4n) is 9.14. The van der Waals surface area contributed by atoms with Crippen molar-refractivity contribution in [3.05, 3.63) is 172 Å². The number of fused-ring (bicyclic) bond motifs is 4. The Hall–Kier alpha value is -6.58. The highest BCUT2D eigenvalue weighted by Crippen LogP contribution is 2.63. The Kier molecular flexibility index (Phi) is 9.97. The Morgan fingerprint density at radius 1 is 0.559 bits per heavy atom. The summed E-state index contributed by atoms with van der Waals surface area (Å²) in [6.07, 6.45) is 0.570. The first-order valence-corrected chi connectivity index (χ1v) is 19.8. The zero-order valence-corrected chi connectivity index (χ0v) is 34.0. The van der Waals surface area contributed by atoms with Crippen LogP contribution in [0.5, 0.6) is 46.0 Å². The summed E-state index contributed by atoms with van der Waals surface area (Å²) in [7, 11) is 0. The molecule has 0 fully saturated rings. The summed E-state index contributed by atoms with van der Waals surface area (Å²) in [6.45, 7) is 20.7. The van der Waals surface area contributed by atoms with Gasteiger partial charge in [0.25, 0.3) is 5.69 Å². The Morgan fingerprint density at radius 3 is 1.34 bits per heavy atom. The number of aliphatic hydroxyl groups is 2. The van der Waals surface area contributed by atoms with Gasteiger partial charge in [0.2, 0.25) is 0 Å². The highest BCUT2D eigenvalue weighted by molar-refractivity contribution is 5.69. The molecule has 2 aliphatic rings. The Labute approximate surface area is 345 Å². The smallest absolute Gasteiger partial charge is 0.270 e. The van der Waals surface area contributed by atoms with Gasteiger partial charge in [-0.25, -0.2) is 4.85 Å². The molecular weight excluding hydrogens is 737 g/mol. The number of ether oxygens (including phenoxy) is 4. The lowest BCUT2D eigenvalue weighted by Crippen LogP contribution is -2.27. The van der Waals surface area contributed by atoms with Crippen LogP contribution in [0.3, 0.4) is 0 Å². The van der Waals surface area contributed by atoms with E-state index in [0.717, 1.165) is 24.0 Å². The van der Waals surface area contributed by atoms with Crippen molar-refractivity contribution >= 4 is 5.69 Å². The molecule has 0 amide bonds. The molecule has 0 heterocycles.